The molecule has 1 aromatic heterocycles. The maximum absolute atomic E-state index is 4.51. The summed E-state index contributed by atoms with van der Waals surface area (Å²) < 4.78 is 0.870. The number of aromatic nitrogens is 2. The third kappa shape index (κ3) is 3.20. The normalized spacial score (nSPS) is 19.0. The van der Waals surface area contributed by atoms with Crippen LogP contribution in [0.25, 0.3) is 0 Å². The lowest BCUT2D eigenvalue weighted by Crippen LogP contribution is -2.49. The van der Waals surface area contributed by atoms with Crippen molar-refractivity contribution < 1.29 is 0 Å². The topological polar surface area (TPSA) is 32.3 Å². The summed E-state index contributed by atoms with van der Waals surface area (Å²) in [6.07, 6.45) is 1.22. The number of nitrogens with zero attached hydrogens (tertiary/aromatic N) is 4. The highest BCUT2D eigenvalue weighted by atomic mass is 79.9. The van der Waals surface area contributed by atoms with Crippen LogP contribution in [0.5, 0.6) is 0 Å². The second kappa shape index (κ2) is 5.97. The molecule has 1 unspecified atom stereocenters. The largest absolute Gasteiger partial charge is 0.354 e. The van der Waals surface area contributed by atoms with Crippen LogP contribution in [-0.4, -0.2) is 47.1 Å². The lowest BCUT2D eigenvalue weighted by atomic mass is 10.2. The standard InChI is InChI=1S/C13H21BrN4/c1-4-10(2)17-5-7-18(8-6-17)13-9-12(14)15-11(3)16-13/h9-10H,4-8H2,1-3H3. The van der Waals surface area contributed by atoms with E-state index in [0.717, 1.165) is 42.4 Å². The van der Waals surface area contributed by atoms with Crippen LogP contribution in [0.4, 0.5) is 5.82 Å². The van der Waals surface area contributed by atoms with Crippen LogP contribution < -0.4 is 4.90 Å². The molecule has 100 valence electrons. The monoisotopic (exact) mass is 312 g/mol. The van der Waals surface area contributed by atoms with Crippen molar-refractivity contribution in [2.45, 2.75) is 33.2 Å². The van der Waals surface area contributed by atoms with E-state index < -0.39 is 0 Å². The van der Waals surface area contributed by atoms with Crippen LogP contribution in [0.2, 0.25) is 0 Å². The van der Waals surface area contributed by atoms with Gasteiger partial charge < -0.3 is 4.90 Å². The lowest BCUT2D eigenvalue weighted by Gasteiger charge is -2.38. The molecule has 1 atom stereocenters. The van der Waals surface area contributed by atoms with Crippen LogP contribution in [0.3, 0.4) is 0 Å². The zero-order chi connectivity index (χ0) is 13.1. The number of halogens is 1. The van der Waals surface area contributed by atoms with E-state index in [4.69, 9.17) is 0 Å². The second-order valence-corrected chi connectivity index (χ2v) is 5.69. The average Bonchev–Trinajstić information content (AvgIpc) is 2.37. The number of rotatable bonds is 3. The Balaban J connectivity index is 2.01. The van der Waals surface area contributed by atoms with Gasteiger partial charge in [-0.1, -0.05) is 6.92 Å². The predicted octanol–water partition coefficient (Wildman–Crippen LogP) is 2.47. The molecular formula is C13H21BrN4. The summed E-state index contributed by atoms with van der Waals surface area (Å²) in [5, 5.41) is 0. The maximum Gasteiger partial charge on any atom is 0.133 e. The minimum atomic E-state index is 0.686. The summed E-state index contributed by atoms with van der Waals surface area (Å²) in [5.41, 5.74) is 0. The number of hydrogen-bond acceptors (Lipinski definition) is 4. The van der Waals surface area contributed by atoms with Gasteiger partial charge in [0.05, 0.1) is 0 Å². The fraction of sp³-hybridized carbons (Fsp3) is 0.692. The Hall–Kier alpha value is -0.680. The summed E-state index contributed by atoms with van der Waals surface area (Å²) >= 11 is 3.44. The van der Waals surface area contributed by atoms with Gasteiger partial charge in [0.15, 0.2) is 0 Å². The van der Waals surface area contributed by atoms with Crippen molar-refractivity contribution in [2.75, 3.05) is 31.1 Å². The smallest absolute Gasteiger partial charge is 0.133 e. The molecule has 0 amide bonds. The quantitative estimate of drug-likeness (QED) is 0.803. The molecule has 2 rings (SSSR count). The third-order valence-corrected chi connectivity index (χ3v) is 4.05. The van der Waals surface area contributed by atoms with E-state index >= 15 is 0 Å². The molecular weight excluding hydrogens is 292 g/mol. The molecule has 0 spiro atoms. The van der Waals surface area contributed by atoms with Gasteiger partial charge in [0.2, 0.25) is 0 Å². The van der Waals surface area contributed by atoms with Crippen LogP contribution in [0.1, 0.15) is 26.1 Å². The molecule has 0 aromatic carbocycles. The minimum Gasteiger partial charge on any atom is -0.354 e. The zero-order valence-electron chi connectivity index (χ0n) is 11.4. The number of piperazine rings is 1. The molecule has 2 heterocycles. The van der Waals surface area contributed by atoms with Crippen molar-refractivity contribution in [2.24, 2.45) is 0 Å². The molecule has 1 aliphatic rings. The van der Waals surface area contributed by atoms with E-state index in [9.17, 15) is 0 Å². The predicted molar refractivity (Wildman–Crippen MR) is 78.0 cm³/mol. The first kappa shape index (κ1) is 13.7. The SMILES string of the molecule is CCC(C)N1CCN(c2cc(Br)nc(C)n2)CC1. The van der Waals surface area contributed by atoms with Gasteiger partial charge >= 0.3 is 0 Å². The Morgan fingerprint density at radius 3 is 2.50 bits per heavy atom. The molecule has 1 aliphatic heterocycles. The molecule has 0 bridgehead atoms. The lowest BCUT2D eigenvalue weighted by molar-refractivity contribution is 0.192. The molecule has 0 aliphatic carbocycles. The van der Waals surface area contributed by atoms with Gasteiger partial charge in [-0.05, 0) is 36.2 Å². The first-order chi connectivity index (χ1) is 8.60. The highest BCUT2D eigenvalue weighted by Gasteiger charge is 2.21. The number of hydrogen-bond donors (Lipinski definition) is 0. The molecule has 1 aromatic rings. The average molecular weight is 313 g/mol. The highest BCUT2D eigenvalue weighted by Crippen LogP contribution is 2.19. The first-order valence-electron chi connectivity index (χ1n) is 6.60. The zero-order valence-corrected chi connectivity index (χ0v) is 12.9. The summed E-state index contributed by atoms with van der Waals surface area (Å²) in [5.74, 6) is 1.86. The fourth-order valence-electron chi connectivity index (χ4n) is 2.33. The molecule has 0 saturated carbocycles. The Bertz CT molecular complexity index is 382. The molecule has 5 heteroatoms. The molecule has 1 fully saturated rings. The van der Waals surface area contributed by atoms with Gasteiger partial charge in [0.1, 0.15) is 16.2 Å². The van der Waals surface area contributed by atoms with Crippen molar-refractivity contribution in [3.05, 3.63) is 16.5 Å². The summed E-state index contributed by atoms with van der Waals surface area (Å²) in [6, 6.07) is 2.69. The molecule has 0 N–H and O–H groups in total. The van der Waals surface area contributed by atoms with Gasteiger partial charge in [0.25, 0.3) is 0 Å². The Kier molecular flexibility index (Phi) is 4.56. The highest BCUT2D eigenvalue weighted by molar-refractivity contribution is 9.10. The summed E-state index contributed by atoms with van der Waals surface area (Å²) in [4.78, 5) is 13.7. The van der Waals surface area contributed by atoms with Crippen molar-refractivity contribution in [3.63, 3.8) is 0 Å². The first-order valence-corrected chi connectivity index (χ1v) is 7.39. The van der Waals surface area contributed by atoms with Crippen LogP contribution >= 0.6 is 15.9 Å². The van der Waals surface area contributed by atoms with Crippen LogP contribution in [-0.2, 0) is 0 Å². The van der Waals surface area contributed by atoms with Crippen LogP contribution in [0.15, 0.2) is 10.7 Å². The van der Waals surface area contributed by atoms with Gasteiger partial charge in [-0.2, -0.15) is 0 Å². The molecule has 4 nitrogen and oxygen atoms in total. The summed E-state index contributed by atoms with van der Waals surface area (Å²) in [7, 11) is 0. The Labute approximate surface area is 118 Å². The van der Waals surface area contributed by atoms with E-state index in [1.807, 2.05) is 13.0 Å². The van der Waals surface area contributed by atoms with E-state index in [2.05, 4.69) is 49.5 Å². The van der Waals surface area contributed by atoms with E-state index in [-0.39, 0.29) is 0 Å². The summed E-state index contributed by atoms with van der Waals surface area (Å²) in [6.45, 7) is 10.8. The second-order valence-electron chi connectivity index (χ2n) is 4.88. The minimum absolute atomic E-state index is 0.686. The number of anilines is 1. The van der Waals surface area contributed by atoms with E-state index in [1.54, 1.807) is 0 Å². The van der Waals surface area contributed by atoms with Crippen LogP contribution in [0, 0.1) is 6.92 Å². The van der Waals surface area contributed by atoms with E-state index in [1.165, 1.54) is 6.42 Å². The van der Waals surface area contributed by atoms with Crippen molar-refractivity contribution in [3.8, 4) is 0 Å². The van der Waals surface area contributed by atoms with Crippen molar-refractivity contribution in [1.29, 1.82) is 0 Å². The van der Waals surface area contributed by atoms with Gasteiger partial charge in [-0.3, -0.25) is 4.90 Å². The van der Waals surface area contributed by atoms with Gasteiger partial charge in [0, 0.05) is 38.3 Å². The van der Waals surface area contributed by atoms with Gasteiger partial charge in [-0.15, -0.1) is 0 Å². The number of aryl methyl sites for hydroxylation is 1. The van der Waals surface area contributed by atoms with E-state index in [0.29, 0.717) is 6.04 Å². The van der Waals surface area contributed by atoms with Crippen molar-refractivity contribution in [1.82, 2.24) is 14.9 Å². The Morgan fingerprint density at radius 2 is 1.94 bits per heavy atom. The third-order valence-electron chi connectivity index (χ3n) is 3.65. The fourth-order valence-corrected chi connectivity index (χ4v) is 2.79. The van der Waals surface area contributed by atoms with Gasteiger partial charge in [-0.25, -0.2) is 9.97 Å². The Morgan fingerprint density at radius 1 is 1.28 bits per heavy atom. The molecule has 0 radical (unpaired) electrons. The van der Waals surface area contributed by atoms with Crippen molar-refractivity contribution >= 4 is 21.7 Å². The molecule has 1 saturated heterocycles. The molecule has 18 heavy (non-hydrogen) atoms. The maximum atomic E-state index is 4.51.